The first-order chi connectivity index (χ1) is 19.1. The van der Waals surface area contributed by atoms with E-state index in [-0.39, 0.29) is 16.6 Å². The predicted octanol–water partition coefficient (Wildman–Crippen LogP) is 3.98. The molecule has 2 fully saturated rings. The van der Waals surface area contributed by atoms with Gasteiger partial charge in [-0.15, -0.1) is 0 Å². The Morgan fingerprint density at radius 3 is 2.67 bits per heavy atom. The molecule has 1 saturated heterocycles. The topological polar surface area (TPSA) is 149 Å². The zero-order chi connectivity index (χ0) is 30.2. The molecule has 214 valence electrons. The van der Waals surface area contributed by atoms with Gasteiger partial charge < -0.3 is 24.2 Å². The molecule has 3 N–H and O–H groups in total. The smallest absolute Gasteiger partial charge is 0.380 e. The van der Waals surface area contributed by atoms with Crippen LogP contribution in [0.2, 0.25) is 5.02 Å². The summed E-state index contributed by atoms with van der Waals surface area (Å²) in [6.07, 6.45) is -1.52. The first kappa shape index (κ1) is 27.1. The molecule has 0 spiro atoms. The molecule has 1 aliphatic heterocycles. The molecular formula is C25H32ClN2O9PS. The van der Waals surface area contributed by atoms with Gasteiger partial charge in [-0.05, 0) is 69.1 Å². The molecule has 4 rings (SSSR count). The van der Waals surface area contributed by atoms with Crippen molar-refractivity contribution in [2.75, 3.05) is 12.7 Å². The standard InChI is InChI=1S/C25H32ClN2O9PS/c1-15(22(31)35-17-5-3-4-6-17)14-38(33,37-18-9-7-16(26)8-10-18)34-13-19-21(30)25(2,32)23(36-19)28-12-11-20(29)27-24(28)39/h7-12,15,17,19,21,23,30,32H,3-6,13-14H2,1-2H3,(H,27,29,39)/t15-,19-,21+,23-,25?,38-/m1/s1/i13D2. The second-order valence-corrected chi connectivity index (χ2v) is 12.7. The van der Waals surface area contributed by atoms with Crippen LogP contribution in [-0.2, 0) is 23.4 Å². The number of rotatable bonds is 10. The maximum atomic E-state index is 14.1. The highest BCUT2D eigenvalue weighted by atomic mass is 35.5. The van der Waals surface area contributed by atoms with Crippen molar-refractivity contribution in [2.24, 2.45) is 5.92 Å². The molecule has 1 unspecified atom stereocenters. The fraction of sp³-hybridized carbons (Fsp3) is 0.560. The summed E-state index contributed by atoms with van der Waals surface area (Å²) in [6.45, 7) is -0.372. The summed E-state index contributed by atoms with van der Waals surface area (Å²) in [5, 5.41) is 22.4. The summed E-state index contributed by atoms with van der Waals surface area (Å²) < 4.78 is 54.7. The van der Waals surface area contributed by atoms with Crippen LogP contribution in [0.5, 0.6) is 5.75 Å². The second-order valence-electron chi connectivity index (χ2n) is 9.89. The Morgan fingerprint density at radius 1 is 1.36 bits per heavy atom. The largest absolute Gasteiger partial charge is 0.462 e. The van der Waals surface area contributed by atoms with Gasteiger partial charge in [-0.25, -0.2) is 4.57 Å². The van der Waals surface area contributed by atoms with E-state index >= 15 is 0 Å². The lowest BCUT2D eigenvalue weighted by Gasteiger charge is -2.28. The molecular weight excluding hydrogens is 571 g/mol. The Morgan fingerprint density at radius 2 is 2.03 bits per heavy atom. The van der Waals surface area contributed by atoms with Crippen LogP contribution < -0.4 is 10.1 Å². The average Bonchev–Trinajstić information content (AvgIpc) is 3.46. The SMILES string of the molecule is [2H]C([2H])(O[P@](=O)(C[C@@H](C)C(=O)OC1CCCC1)Oc1ccc(Cl)cc1)[C@H]1O[C@@H](n2ccc(=O)[nH]c2=S)C(C)(O)[C@H]1O. The van der Waals surface area contributed by atoms with Gasteiger partial charge in [0.2, 0.25) is 0 Å². The number of esters is 1. The van der Waals surface area contributed by atoms with Crippen molar-refractivity contribution in [3.05, 3.63) is 56.7 Å². The highest BCUT2D eigenvalue weighted by Crippen LogP contribution is 2.51. The number of carbonyl (C=O) groups excluding carboxylic acids is 1. The molecule has 1 saturated carbocycles. The molecule has 0 bridgehead atoms. The van der Waals surface area contributed by atoms with E-state index in [1.807, 2.05) is 0 Å². The fourth-order valence-corrected chi connectivity index (χ4v) is 6.53. The third kappa shape index (κ3) is 7.18. The second kappa shape index (κ2) is 12.2. The van der Waals surface area contributed by atoms with Crippen LogP contribution in [0.25, 0.3) is 0 Å². The summed E-state index contributed by atoms with van der Waals surface area (Å²) in [5.74, 6) is -1.61. The van der Waals surface area contributed by atoms with E-state index in [0.717, 1.165) is 36.3 Å². The van der Waals surface area contributed by atoms with Gasteiger partial charge in [-0.1, -0.05) is 18.5 Å². The van der Waals surface area contributed by atoms with Crippen LogP contribution >= 0.6 is 31.4 Å². The van der Waals surface area contributed by atoms with E-state index in [2.05, 4.69) is 4.98 Å². The zero-order valence-corrected chi connectivity index (χ0v) is 23.8. The molecule has 1 aromatic carbocycles. The Kier molecular flexibility index (Phi) is 8.50. The number of aliphatic hydroxyl groups is 2. The van der Waals surface area contributed by atoms with Gasteiger partial charge >= 0.3 is 13.6 Å². The van der Waals surface area contributed by atoms with Crippen LogP contribution in [0.4, 0.5) is 0 Å². The number of aromatic nitrogens is 2. The number of ether oxygens (including phenoxy) is 2. The van der Waals surface area contributed by atoms with Crippen LogP contribution in [0, 0.1) is 10.7 Å². The molecule has 2 aliphatic rings. The van der Waals surface area contributed by atoms with Crippen molar-refractivity contribution in [3.63, 3.8) is 0 Å². The lowest BCUT2D eigenvalue weighted by atomic mass is 9.96. The van der Waals surface area contributed by atoms with E-state index < -0.39 is 61.8 Å². The number of carbonyl (C=O) groups is 1. The summed E-state index contributed by atoms with van der Waals surface area (Å²) >= 11 is 11.1. The number of benzene rings is 1. The summed E-state index contributed by atoms with van der Waals surface area (Å²) in [6, 6.07) is 6.84. The normalized spacial score (nSPS) is 28.8. The number of nitrogens with one attached hydrogen (secondary N) is 1. The minimum Gasteiger partial charge on any atom is -0.462 e. The van der Waals surface area contributed by atoms with Gasteiger partial charge in [0.15, 0.2) is 11.0 Å². The summed E-state index contributed by atoms with van der Waals surface area (Å²) in [4.78, 5) is 26.8. The third-order valence-electron chi connectivity index (χ3n) is 6.62. The van der Waals surface area contributed by atoms with Crippen LogP contribution in [-0.4, -0.2) is 62.4 Å². The monoisotopic (exact) mass is 604 g/mol. The molecule has 0 amide bonds. The minimum atomic E-state index is -4.53. The van der Waals surface area contributed by atoms with E-state index in [1.54, 1.807) is 0 Å². The first-order valence-corrected chi connectivity index (χ1v) is 15.0. The lowest BCUT2D eigenvalue weighted by Crippen LogP contribution is -2.44. The first-order valence-electron chi connectivity index (χ1n) is 13.4. The average molecular weight is 605 g/mol. The number of hydrogen-bond donors (Lipinski definition) is 3. The number of aliphatic hydroxyl groups excluding tert-OH is 1. The van der Waals surface area contributed by atoms with Crippen molar-refractivity contribution >= 4 is 37.4 Å². The van der Waals surface area contributed by atoms with E-state index in [0.29, 0.717) is 5.02 Å². The minimum absolute atomic E-state index is 0.0298. The molecule has 6 atom stereocenters. The van der Waals surface area contributed by atoms with Crippen molar-refractivity contribution in [1.82, 2.24) is 9.55 Å². The molecule has 1 aromatic heterocycles. The van der Waals surface area contributed by atoms with E-state index in [1.165, 1.54) is 44.3 Å². The highest BCUT2D eigenvalue weighted by Gasteiger charge is 2.53. The Bertz CT molecular complexity index is 1410. The Labute approximate surface area is 238 Å². The van der Waals surface area contributed by atoms with Gasteiger partial charge in [-0.2, -0.15) is 0 Å². The molecule has 1 aliphatic carbocycles. The molecule has 0 radical (unpaired) electrons. The van der Waals surface area contributed by atoms with E-state index in [9.17, 15) is 24.4 Å². The van der Waals surface area contributed by atoms with Crippen molar-refractivity contribution in [3.8, 4) is 5.75 Å². The van der Waals surface area contributed by atoms with Crippen molar-refractivity contribution < 1.29 is 40.8 Å². The van der Waals surface area contributed by atoms with Gasteiger partial charge in [0.25, 0.3) is 5.56 Å². The molecule has 2 aromatic rings. The Hall–Kier alpha value is -2.05. The van der Waals surface area contributed by atoms with E-state index in [4.69, 9.17) is 45.1 Å². The number of H-pyrrole nitrogens is 1. The van der Waals surface area contributed by atoms with Crippen molar-refractivity contribution in [2.45, 2.75) is 69.7 Å². The highest BCUT2D eigenvalue weighted by molar-refractivity contribution is 7.71. The third-order valence-corrected chi connectivity index (χ3v) is 9.05. The van der Waals surface area contributed by atoms with Crippen LogP contribution in [0.15, 0.2) is 41.3 Å². The fourth-order valence-electron chi connectivity index (χ4n) is 4.43. The van der Waals surface area contributed by atoms with Gasteiger partial charge in [0.1, 0.15) is 29.7 Å². The maximum absolute atomic E-state index is 14.1. The van der Waals surface area contributed by atoms with Gasteiger partial charge in [-0.3, -0.25) is 23.7 Å². The lowest BCUT2D eigenvalue weighted by molar-refractivity contribution is -0.152. The quantitative estimate of drug-likeness (QED) is 0.206. The molecule has 11 nitrogen and oxygen atoms in total. The maximum Gasteiger partial charge on any atom is 0.380 e. The van der Waals surface area contributed by atoms with Gasteiger partial charge in [0, 0.05) is 17.3 Å². The zero-order valence-electron chi connectivity index (χ0n) is 23.3. The number of hydrogen-bond acceptors (Lipinski definition) is 10. The molecule has 2 heterocycles. The van der Waals surface area contributed by atoms with Gasteiger partial charge in [0.05, 0.1) is 21.4 Å². The summed E-state index contributed by atoms with van der Waals surface area (Å²) in [5.41, 5.74) is -2.64. The number of halogens is 1. The number of nitrogens with zero attached hydrogens (tertiary/aromatic N) is 1. The Balaban J connectivity index is 1.60. The predicted molar refractivity (Wildman–Crippen MR) is 144 cm³/mol. The van der Waals surface area contributed by atoms with Crippen molar-refractivity contribution in [1.29, 1.82) is 0 Å². The molecule has 39 heavy (non-hydrogen) atoms. The van der Waals surface area contributed by atoms with Crippen LogP contribution in [0.3, 0.4) is 0 Å². The number of aromatic amines is 1. The molecule has 14 heteroatoms. The van der Waals surface area contributed by atoms with Crippen LogP contribution in [0.1, 0.15) is 48.5 Å². The summed E-state index contributed by atoms with van der Waals surface area (Å²) in [7, 11) is -4.53.